The van der Waals surface area contributed by atoms with E-state index >= 15 is 0 Å². The number of nitrogens with one attached hydrogen (secondary N) is 1. The highest BCUT2D eigenvalue weighted by Gasteiger charge is 2.33. The molecule has 1 aliphatic carbocycles. The van der Waals surface area contributed by atoms with Gasteiger partial charge in [-0.15, -0.1) is 0 Å². The predicted molar refractivity (Wildman–Crippen MR) is 165 cm³/mol. The molecule has 1 N–H and O–H groups in total. The summed E-state index contributed by atoms with van der Waals surface area (Å²) in [6.45, 7) is 1.94. The molecule has 1 heterocycles. The number of rotatable bonds is 10. The minimum Gasteiger partial charge on any atom is -0.486 e. The average Bonchev–Trinajstić information content (AvgIpc) is 3.03. The Morgan fingerprint density at radius 2 is 1.60 bits per heavy atom. The zero-order valence-electron chi connectivity index (χ0n) is 24.1. The first kappa shape index (κ1) is 30.7. The summed E-state index contributed by atoms with van der Waals surface area (Å²) in [6, 6.07) is 18.9. The van der Waals surface area contributed by atoms with Gasteiger partial charge in [0.25, 0.3) is 10.0 Å². The van der Waals surface area contributed by atoms with Gasteiger partial charge >= 0.3 is 0 Å². The molecule has 0 radical (unpaired) electrons. The minimum absolute atomic E-state index is 0.0324. The number of amides is 2. The van der Waals surface area contributed by atoms with Crippen molar-refractivity contribution in [3.8, 4) is 11.5 Å². The molecule has 11 heteroatoms. The molecule has 0 saturated heterocycles. The first-order valence-electron chi connectivity index (χ1n) is 14.5. The van der Waals surface area contributed by atoms with Crippen molar-refractivity contribution < 1.29 is 27.5 Å². The van der Waals surface area contributed by atoms with Crippen LogP contribution >= 0.6 is 11.6 Å². The summed E-state index contributed by atoms with van der Waals surface area (Å²) >= 11 is 6.09. The lowest BCUT2D eigenvalue weighted by Gasteiger charge is -2.33. The Morgan fingerprint density at radius 1 is 0.930 bits per heavy atom. The molecule has 2 amide bonds. The number of fused-ring (bicyclic) bond motifs is 1. The molecule has 1 atom stereocenters. The van der Waals surface area contributed by atoms with Crippen molar-refractivity contribution in [2.75, 3.05) is 24.1 Å². The standard InChI is InChI=1S/C32H36ClN3O6S/c1-23(32(38)34-26-8-4-2-5-9-26)35(21-24-12-14-25(33)15-13-24)31(37)22-36(43(39,40)28-10-6-3-7-11-28)27-16-17-29-30(20-27)42-19-18-41-29/h3,6-7,10-17,20,23,26H,2,4-5,8-9,18-19,21-22H2,1H3,(H,34,38)/t23-/m1/s1. The number of nitrogens with zero attached hydrogens (tertiary/aromatic N) is 2. The molecule has 0 spiro atoms. The molecule has 228 valence electrons. The smallest absolute Gasteiger partial charge is 0.264 e. The van der Waals surface area contributed by atoms with E-state index in [1.54, 1.807) is 67.6 Å². The number of sulfonamides is 1. The molecule has 0 aromatic heterocycles. The summed E-state index contributed by atoms with van der Waals surface area (Å²) in [6.07, 6.45) is 5.05. The number of anilines is 1. The van der Waals surface area contributed by atoms with Crippen molar-refractivity contribution in [3.05, 3.63) is 83.4 Å². The summed E-state index contributed by atoms with van der Waals surface area (Å²) < 4.78 is 40.4. The van der Waals surface area contributed by atoms with E-state index in [1.165, 1.54) is 17.0 Å². The maximum absolute atomic E-state index is 14.2. The van der Waals surface area contributed by atoms with Crippen molar-refractivity contribution in [1.82, 2.24) is 10.2 Å². The van der Waals surface area contributed by atoms with Crippen LogP contribution in [0.4, 0.5) is 5.69 Å². The van der Waals surface area contributed by atoms with E-state index in [9.17, 15) is 18.0 Å². The van der Waals surface area contributed by atoms with Gasteiger partial charge in [0.15, 0.2) is 11.5 Å². The molecule has 2 aliphatic rings. The van der Waals surface area contributed by atoms with E-state index in [0.717, 1.165) is 42.0 Å². The SMILES string of the molecule is C[C@H](C(=O)NC1CCCCC1)N(Cc1ccc(Cl)cc1)C(=O)CN(c1ccc2c(c1)OCCO2)S(=O)(=O)c1ccccc1. The highest BCUT2D eigenvalue weighted by atomic mass is 35.5. The van der Waals surface area contributed by atoms with Gasteiger partial charge in [0.1, 0.15) is 25.8 Å². The van der Waals surface area contributed by atoms with Crippen molar-refractivity contribution in [1.29, 1.82) is 0 Å². The van der Waals surface area contributed by atoms with Crippen LogP contribution in [0.1, 0.15) is 44.6 Å². The van der Waals surface area contributed by atoms with Gasteiger partial charge in [-0.2, -0.15) is 0 Å². The van der Waals surface area contributed by atoms with Crippen LogP contribution in [0.3, 0.4) is 0 Å². The van der Waals surface area contributed by atoms with E-state index in [-0.39, 0.29) is 29.1 Å². The summed E-state index contributed by atoms with van der Waals surface area (Å²) in [5, 5.41) is 3.65. The summed E-state index contributed by atoms with van der Waals surface area (Å²) in [5.74, 6) is 0.0834. The number of benzene rings is 3. The molecule has 1 aliphatic heterocycles. The normalized spacial score (nSPS) is 15.8. The van der Waals surface area contributed by atoms with Gasteiger partial charge in [0, 0.05) is 23.7 Å². The zero-order valence-corrected chi connectivity index (χ0v) is 25.6. The fourth-order valence-electron chi connectivity index (χ4n) is 5.37. The molecule has 0 unspecified atom stereocenters. The molecule has 1 saturated carbocycles. The second-order valence-corrected chi connectivity index (χ2v) is 13.1. The predicted octanol–water partition coefficient (Wildman–Crippen LogP) is 5.17. The van der Waals surface area contributed by atoms with Gasteiger partial charge in [-0.05, 0) is 61.7 Å². The van der Waals surface area contributed by atoms with Crippen LogP contribution in [0.25, 0.3) is 0 Å². The van der Waals surface area contributed by atoms with Crippen molar-refractivity contribution in [3.63, 3.8) is 0 Å². The van der Waals surface area contributed by atoms with Crippen LogP contribution in [-0.2, 0) is 26.2 Å². The fourth-order valence-corrected chi connectivity index (χ4v) is 6.93. The summed E-state index contributed by atoms with van der Waals surface area (Å²) in [7, 11) is -4.18. The fraction of sp³-hybridized carbons (Fsp3) is 0.375. The lowest BCUT2D eigenvalue weighted by atomic mass is 9.95. The summed E-state index contributed by atoms with van der Waals surface area (Å²) in [4.78, 5) is 29.1. The molecule has 3 aromatic rings. The molecule has 3 aromatic carbocycles. The Morgan fingerprint density at radius 3 is 2.30 bits per heavy atom. The number of hydrogen-bond acceptors (Lipinski definition) is 6. The maximum atomic E-state index is 14.2. The van der Waals surface area contributed by atoms with Crippen LogP contribution in [0.2, 0.25) is 5.02 Å². The molecule has 5 rings (SSSR count). The zero-order chi connectivity index (χ0) is 30.4. The van der Waals surface area contributed by atoms with Gasteiger partial charge in [-0.1, -0.05) is 61.2 Å². The number of carbonyl (C=O) groups is 2. The van der Waals surface area contributed by atoms with E-state index < -0.39 is 28.5 Å². The topological polar surface area (TPSA) is 105 Å². The Balaban J connectivity index is 1.47. The van der Waals surface area contributed by atoms with E-state index in [1.807, 2.05) is 0 Å². The third-order valence-corrected chi connectivity index (χ3v) is 9.85. The van der Waals surface area contributed by atoms with Gasteiger partial charge in [0.2, 0.25) is 11.8 Å². The average molecular weight is 626 g/mol. The Bertz CT molecular complexity index is 1530. The highest BCUT2D eigenvalue weighted by Crippen LogP contribution is 2.36. The monoisotopic (exact) mass is 625 g/mol. The van der Waals surface area contributed by atoms with Gasteiger partial charge < -0.3 is 19.7 Å². The minimum atomic E-state index is -4.18. The van der Waals surface area contributed by atoms with Crippen LogP contribution < -0.4 is 19.1 Å². The van der Waals surface area contributed by atoms with Gasteiger partial charge in [0.05, 0.1) is 10.6 Å². The van der Waals surface area contributed by atoms with Crippen LogP contribution in [-0.4, -0.2) is 57.0 Å². The van der Waals surface area contributed by atoms with Crippen LogP contribution in [0.15, 0.2) is 77.7 Å². The lowest BCUT2D eigenvalue weighted by Crippen LogP contribution is -2.53. The largest absolute Gasteiger partial charge is 0.486 e. The molecule has 1 fully saturated rings. The first-order chi connectivity index (χ1) is 20.7. The van der Waals surface area contributed by atoms with Gasteiger partial charge in [-0.3, -0.25) is 13.9 Å². The third-order valence-electron chi connectivity index (χ3n) is 7.81. The third kappa shape index (κ3) is 7.43. The molecular weight excluding hydrogens is 590 g/mol. The maximum Gasteiger partial charge on any atom is 0.264 e. The lowest BCUT2D eigenvalue weighted by molar-refractivity contribution is -0.139. The van der Waals surface area contributed by atoms with Crippen molar-refractivity contribution >= 4 is 39.1 Å². The second-order valence-electron chi connectivity index (χ2n) is 10.8. The molecule has 0 bridgehead atoms. The molecule has 43 heavy (non-hydrogen) atoms. The quantitative estimate of drug-likeness (QED) is 0.333. The molecular formula is C32H36ClN3O6S. The van der Waals surface area contributed by atoms with Crippen molar-refractivity contribution in [2.45, 2.75) is 62.6 Å². The Labute approximate surface area is 257 Å². The first-order valence-corrected chi connectivity index (χ1v) is 16.4. The van der Waals surface area contributed by atoms with Crippen molar-refractivity contribution in [2.24, 2.45) is 0 Å². The number of carbonyl (C=O) groups excluding carboxylic acids is 2. The summed E-state index contributed by atoms with van der Waals surface area (Å²) in [5.41, 5.74) is 0.999. The van der Waals surface area contributed by atoms with E-state index in [4.69, 9.17) is 21.1 Å². The number of hydrogen-bond donors (Lipinski definition) is 1. The highest BCUT2D eigenvalue weighted by molar-refractivity contribution is 7.92. The van der Waals surface area contributed by atoms with Crippen LogP contribution in [0.5, 0.6) is 11.5 Å². The number of ether oxygens (including phenoxy) is 2. The van der Waals surface area contributed by atoms with Crippen LogP contribution in [0, 0.1) is 0 Å². The molecule has 9 nitrogen and oxygen atoms in total. The Hall–Kier alpha value is -3.76. The Kier molecular flexibility index (Phi) is 9.77. The van der Waals surface area contributed by atoms with E-state index in [0.29, 0.717) is 29.7 Å². The number of halogens is 1. The van der Waals surface area contributed by atoms with E-state index in [2.05, 4.69) is 5.32 Å². The van der Waals surface area contributed by atoms with Gasteiger partial charge in [-0.25, -0.2) is 8.42 Å². The second kappa shape index (κ2) is 13.7.